The van der Waals surface area contributed by atoms with Crippen molar-refractivity contribution in [3.05, 3.63) is 48.0 Å². The van der Waals surface area contributed by atoms with Gasteiger partial charge in [-0.1, -0.05) is 12.1 Å². The summed E-state index contributed by atoms with van der Waals surface area (Å²) in [4.78, 5) is 25.2. The van der Waals surface area contributed by atoms with Gasteiger partial charge in [-0.25, -0.2) is 0 Å². The Bertz CT molecular complexity index is 893. The molecule has 0 saturated carbocycles. The number of carbonyl (C=O) groups is 2. The molecule has 0 spiro atoms. The summed E-state index contributed by atoms with van der Waals surface area (Å²) >= 11 is 0. The van der Waals surface area contributed by atoms with Crippen LogP contribution in [0.1, 0.15) is 29.6 Å². The van der Waals surface area contributed by atoms with Crippen molar-refractivity contribution in [3.63, 3.8) is 0 Å². The standard InChI is InChI=1S/C22H25N3O4/c26-21(8-5-15-9-10-23-14-15)25-18-4-2-1-3-17(18)22(27)24-16-6-7-19-20(13-16)29-12-11-28-19/h1-4,6-7,13,15,23H,5,8-12,14H2,(H,24,27)(H,25,26). The van der Waals surface area contributed by atoms with E-state index in [2.05, 4.69) is 16.0 Å². The monoisotopic (exact) mass is 395 g/mol. The van der Waals surface area contributed by atoms with Crippen LogP contribution in [0.15, 0.2) is 42.5 Å². The van der Waals surface area contributed by atoms with E-state index in [1.165, 1.54) is 0 Å². The summed E-state index contributed by atoms with van der Waals surface area (Å²) in [5, 5.41) is 9.06. The summed E-state index contributed by atoms with van der Waals surface area (Å²) in [7, 11) is 0. The quantitative estimate of drug-likeness (QED) is 0.700. The van der Waals surface area contributed by atoms with Crippen LogP contribution in [0.3, 0.4) is 0 Å². The minimum absolute atomic E-state index is 0.0727. The predicted molar refractivity (Wildman–Crippen MR) is 111 cm³/mol. The lowest BCUT2D eigenvalue weighted by Gasteiger charge is -2.19. The van der Waals surface area contributed by atoms with E-state index in [1.54, 1.807) is 42.5 Å². The highest BCUT2D eigenvalue weighted by Crippen LogP contribution is 2.33. The van der Waals surface area contributed by atoms with Crippen LogP contribution in [-0.2, 0) is 4.79 Å². The molecule has 0 aliphatic carbocycles. The first-order valence-corrected chi connectivity index (χ1v) is 9.99. The molecule has 2 amide bonds. The van der Waals surface area contributed by atoms with Crippen molar-refractivity contribution in [2.75, 3.05) is 36.9 Å². The number of carbonyl (C=O) groups excluding carboxylic acids is 2. The second-order valence-corrected chi connectivity index (χ2v) is 7.30. The maximum Gasteiger partial charge on any atom is 0.257 e. The van der Waals surface area contributed by atoms with Crippen LogP contribution in [0.4, 0.5) is 11.4 Å². The van der Waals surface area contributed by atoms with Crippen molar-refractivity contribution in [3.8, 4) is 11.5 Å². The van der Waals surface area contributed by atoms with Crippen molar-refractivity contribution >= 4 is 23.2 Å². The Kier molecular flexibility index (Phi) is 5.95. The van der Waals surface area contributed by atoms with Crippen LogP contribution in [0.2, 0.25) is 0 Å². The van der Waals surface area contributed by atoms with Gasteiger partial charge < -0.3 is 25.4 Å². The van der Waals surface area contributed by atoms with Gasteiger partial charge in [-0.15, -0.1) is 0 Å². The number of rotatable bonds is 6. The SMILES string of the molecule is O=C(CCC1CCNC1)Nc1ccccc1C(=O)Nc1ccc2c(c1)OCCO2. The molecule has 29 heavy (non-hydrogen) atoms. The zero-order chi connectivity index (χ0) is 20.1. The van der Waals surface area contributed by atoms with Gasteiger partial charge in [-0.3, -0.25) is 9.59 Å². The summed E-state index contributed by atoms with van der Waals surface area (Å²) < 4.78 is 11.1. The third kappa shape index (κ3) is 4.86. The number of hydrogen-bond donors (Lipinski definition) is 3. The number of nitrogens with one attached hydrogen (secondary N) is 3. The Morgan fingerprint density at radius 1 is 1.03 bits per heavy atom. The molecule has 7 nitrogen and oxygen atoms in total. The van der Waals surface area contributed by atoms with E-state index < -0.39 is 0 Å². The van der Waals surface area contributed by atoms with Gasteiger partial charge in [0.1, 0.15) is 13.2 Å². The average Bonchev–Trinajstić information content (AvgIpc) is 3.26. The highest BCUT2D eigenvalue weighted by molar-refractivity contribution is 6.10. The lowest BCUT2D eigenvalue weighted by Crippen LogP contribution is -2.19. The minimum Gasteiger partial charge on any atom is -0.486 e. The lowest BCUT2D eigenvalue weighted by atomic mass is 10.0. The van der Waals surface area contributed by atoms with E-state index in [0.717, 1.165) is 25.9 Å². The molecule has 2 aromatic rings. The number of ether oxygens (including phenoxy) is 2. The zero-order valence-electron chi connectivity index (χ0n) is 16.2. The van der Waals surface area contributed by atoms with Crippen LogP contribution in [0, 0.1) is 5.92 Å². The maximum atomic E-state index is 12.8. The highest BCUT2D eigenvalue weighted by atomic mass is 16.6. The molecule has 152 valence electrons. The van der Waals surface area contributed by atoms with Gasteiger partial charge in [0.25, 0.3) is 5.91 Å². The molecule has 0 aromatic heterocycles. The van der Waals surface area contributed by atoms with E-state index in [4.69, 9.17) is 9.47 Å². The molecule has 4 rings (SSSR count). The first-order valence-electron chi connectivity index (χ1n) is 9.99. The Morgan fingerprint density at radius 2 is 1.86 bits per heavy atom. The summed E-state index contributed by atoms with van der Waals surface area (Å²) in [6, 6.07) is 12.3. The maximum absolute atomic E-state index is 12.8. The molecule has 2 heterocycles. The summed E-state index contributed by atoms with van der Waals surface area (Å²) in [5.74, 6) is 1.46. The number of fused-ring (bicyclic) bond motifs is 1. The van der Waals surface area contributed by atoms with Crippen molar-refractivity contribution in [2.24, 2.45) is 5.92 Å². The first-order chi connectivity index (χ1) is 14.2. The molecule has 2 aliphatic rings. The molecule has 1 saturated heterocycles. The zero-order valence-corrected chi connectivity index (χ0v) is 16.2. The first kappa shape index (κ1) is 19.3. The lowest BCUT2D eigenvalue weighted by molar-refractivity contribution is -0.116. The van der Waals surface area contributed by atoms with Gasteiger partial charge in [-0.2, -0.15) is 0 Å². The number of para-hydroxylation sites is 1. The summed E-state index contributed by atoms with van der Waals surface area (Å²) in [6.45, 7) is 3.00. The summed E-state index contributed by atoms with van der Waals surface area (Å²) in [6.07, 6.45) is 2.41. The molecule has 2 aromatic carbocycles. The third-order valence-electron chi connectivity index (χ3n) is 5.19. The van der Waals surface area contributed by atoms with Crippen molar-refractivity contribution < 1.29 is 19.1 Å². The van der Waals surface area contributed by atoms with Gasteiger partial charge in [-0.05, 0) is 56.1 Å². The molecule has 2 aliphatic heterocycles. The fraction of sp³-hybridized carbons (Fsp3) is 0.364. The van der Waals surface area contributed by atoms with Crippen molar-refractivity contribution in [1.29, 1.82) is 0 Å². The van der Waals surface area contributed by atoms with E-state index in [1.807, 2.05) is 0 Å². The Labute approximate surface area is 169 Å². The molecule has 1 unspecified atom stereocenters. The topological polar surface area (TPSA) is 88.7 Å². The number of amides is 2. The van der Waals surface area contributed by atoms with Gasteiger partial charge in [0.05, 0.1) is 11.3 Å². The molecule has 0 bridgehead atoms. The summed E-state index contributed by atoms with van der Waals surface area (Å²) in [5.41, 5.74) is 1.53. The molecule has 0 radical (unpaired) electrons. The molecule has 1 atom stereocenters. The van der Waals surface area contributed by atoms with Gasteiger partial charge in [0, 0.05) is 18.2 Å². The van der Waals surface area contributed by atoms with Crippen LogP contribution < -0.4 is 25.4 Å². The average molecular weight is 395 g/mol. The highest BCUT2D eigenvalue weighted by Gasteiger charge is 2.18. The van der Waals surface area contributed by atoms with E-state index in [0.29, 0.717) is 54.0 Å². The van der Waals surface area contributed by atoms with Crippen molar-refractivity contribution in [2.45, 2.75) is 19.3 Å². The predicted octanol–water partition coefficient (Wildman–Crippen LogP) is 3.04. The van der Waals surface area contributed by atoms with Gasteiger partial charge >= 0.3 is 0 Å². The molecule has 7 heteroatoms. The second-order valence-electron chi connectivity index (χ2n) is 7.30. The Balaban J connectivity index is 1.40. The number of anilines is 2. The van der Waals surface area contributed by atoms with E-state index in [-0.39, 0.29) is 11.8 Å². The van der Waals surface area contributed by atoms with E-state index >= 15 is 0 Å². The largest absolute Gasteiger partial charge is 0.486 e. The third-order valence-corrected chi connectivity index (χ3v) is 5.19. The van der Waals surface area contributed by atoms with Crippen LogP contribution in [0.5, 0.6) is 11.5 Å². The van der Waals surface area contributed by atoms with Crippen LogP contribution >= 0.6 is 0 Å². The van der Waals surface area contributed by atoms with E-state index in [9.17, 15) is 9.59 Å². The van der Waals surface area contributed by atoms with Gasteiger partial charge in [0.15, 0.2) is 11.5 Å². The smallest absolute Gasteiger partial charge is 0.257 e. The van der Waals surface area contributed by atoms with Gasteiger partial charge in [0.2, 0.25) is 5.91 Å². The molecule has 3 N–H and O–H groups in total. The van der Waals surface area contributed by atoms with Crippen LogP contribution in [-0.4, -0.2) is 38.1 Å². The molecular weight excluding hydrogens is 370 g/mol. The fourth-order valence-electron chi connectivity index (χ4n) is 3.62. The van der Waals surface area contributed by atoms with Crippen LogP contribution in [0.25, 0.3) is 0 Å². The fourth-order valence-corrected chi connectivity index (χ4v) is 3.62. The number of benzene rings is 2. The normalized spacial score (nSPS) is 17.6. The molecule has 1 fully saturated rings. The number of hydrogen-bond acceptors (Lipinski definition) is 5. The minimum atomic E-state index is -0.294. The Morgan fingerprint density at radius 3 is 2.69 bits per heavy atom. The Hall–Kier alpha value is -3.06. The van der Waals surface area contributed by atoms with Crippen molar-refractivity contribution in [1.82, 2.24) is 5.32 Å². The second kappa shape index (κ2) is 8.96. The molecular formula is C22H25N3O4.